The minimum Gasteiger partial charge on any atom is -0.481 e. The highest BCUT2D eigenvalue weighted by Gasteiger charge is 2.03. The SMILES string of the molecule is CC(C)C(=O)O.CC(C)C(N)=O.CNC(=O)C(C)C.COC(=O)C(C)C. The van der Waals surface area contributed by atoms with Gasteiger partial charge >= 0.3 is 11.9 Å². The first-order valence-corrected chi connectivity index (χ1v) is 8.46. The van der Waals surface area contributed by atoms with Gasteiger partial charge in [0.25, 0.3) is 0 Å². The lowest BCUT2D eigenvalue weighted by Crippen LogP contribution is -2.22. The number of ether oxygens (including phenoxy) is 1. The first-order valence-electron chi connectivity index (χ1n) is 8.46. The van der Waals surface area contributed by atoms with Gasteiger partial charge in [0.15, 0.2) is 0 Å². The fourth-order valence-corrected chi connectivity index (χ4v) is 0.524. The smallest absolute Gasteiger partial charge is 0.308 e. The molecule has 8 nitrogen and oxygen atoms in total. The van der Waals surface area contributed by atoms with E-state index in [1.54, 1.807) is 48.6 Å². The Morgan fingerprint density at radius 2 is 1.12 bits per heavy atom. The number of carbonyl (C=O) groups excluding carboxylic acids is 3. The summed E-state index contributed by atoms with van der Waals surface area (Å²) in [5.41, 5.74) is 4.80. The molecule has 0 aliphatic heterocycles. The second-order valence-corrected chi connectivity index (χ2v) is 6.50. The Morgan fingerprint density at radius 1 is 0.808 bits per heavy atom. The minimum absolute atomic E-state index is 0.00463. The van der Waals surface area contributed by atoms with Crippen LogP contribution in [0.1, 0.15) is 55.4 Å². The third-order valence-corrected chi connectivity index (χ3v) is 2.51. The fraction of sp³-hybridized carbons (Fsp3) is 0.778. The molecule has 2 amide bonds. The quantitative estimate of drug-likeness (QED) is 0.641. The lowest BCUT2D eigenvalue weighted by atomic mass is 10.2. The summed E-state index contributed by atoms with van der Waals surface area (Å²) in [4.78, 5) is 40.3. The van der Waals surface area contributed by atoms with E-state index in [1.807, 2.05) is 13.8 Å². The van der Waals surface area contributed by atoms with E-state index in [4.69, 9.17) is 10.8 Å². The normalized spacial score (nSPS) is 9.15. The van der Waals surface area contributed by atoms with Gasteiger partial charge in [0, 0.05) is 18.9 Å². The van der Waals surface area contributed by atoms with Gasteiger partial charge < -0.3 is 20.9 Å². The number of amides is 2. The zero-order valence-corrected chi connectivity index (χ0v) is 17.9. The molecule has 0 aromatic heterocycles. The molecule has 0 spiro atoms. The van der Waals surface area contributed by atoms with E-state index in [9.17, 15) is 19.2 Å². The van der Waals surface area contributed by atoms with Crippen molar-refractivity contribution in [1.29, 1.82) is 0 Å². The first kappa shape index (κ1) is 31.6. The summed E-state index contributed by atoms with van der Waals surface area (Å²) >= 11 is 0. The Balaban J connectivity index is -0.000000124. The van der Waals surface area contributed by atoms with E-state index < -0.39 is 5.97 Å². The number of aliphatic carboxylic acids is 1. The molecule has 8 heteroatoms. The van der Waals surface area contributed by atoms with Crippen LogP contribution in [0, 0.1) is 23.7 Å². The number of nitrogens with one attached hydrogen (secondary N) is 1. The van der Waals surface area contributed by atoms with Gasteiger partial charge in [0.2, 0.25) is 11.8 Å². The number of nitrogens with two attached hydrogens (primary N) is 1. The van der Waals surface area contributed by atoms with E-state index in [0.29, 0.717) is 0 Å². The lowest BCUT2D eigenvalue weighted by molar-refractivity contribution is -0.144. The zero-order valence-electron chi connectivity index (χ0n) is 17.9. The van der Waals surface area contributed by atoms with Crippen molar-refractivity contribution < 1.29 is 29.0 Å². The van der Waals surface area contributed by atoms with Crippen LogP contribution in [0.4, 0.5) is 0 Å². The van der Waals surface area contributed by atoms with Gasteiger partial charge in [0.1, 0.15) is 0 Å². The van der Waals surface area contributed by atoms with Crippen LogP contribution >= 0.6 is 0 Å². The van der Waals surface area contributed by atoms with Crippen LogP contribution in [-0.2, 0) is 23.9 Å². The van der Waals surface area contributed by atoms with Crippen molar-refractivity contribution in [1.82, 2.24) is 5.32 Å². The van der Waals surface area contributed by atoms with Gasteiger partial charge in [-0.1, -0.05) is 55.4 Å². The highest BCUT2D eigenvalue weighted by Crippen LogP contribution is 1.92. The molecule has 0 unspecified atom stereocenters. The Labute approximate surface area is 157 Å². The lowest BCUT2D eigenvalue weighted by Gasteiger charge is -1.98. The monoisotopic (exact) mass is 378 g/mol. The van der Waals surface area contributed by atoms with Crippen molar-refractivity contribution in [3.05, 3.63) is 0 Å². The number of carboxylic acids is 1. The van der Waals surface area contributed by atoms with Gasteiger partial charge in [-0.3, -0.25) is 19.2 Å². The number of esters is 1. The van der Waals surface area contributed by atoms with E-state index >= 15 is 0 Å². The zero-order chi connectivity index (χ0) is 22.0. The number of carboxylic acid groups (broad SMARTS) is 1. The van der Waals surface area contributed by atoms with Crippen LogP contribution in [0.3, 0.4) is 0 Å². The first-order chi connectivity index (χ1) is 11.6. The molecule has 0 atom stereocenters. The predicted molar refractivity (Wildman–Crippen MR) is 102 cm³/mol. The highest BCUT2D eigenvalue weighted by atomic mass is 16.5. The van der Waals surface area contributed by atoms with Gasteiger partial charge in [-0.25, -0.2) is 0 Å². The molecule has 0 aliphatic rings. The number of hydrogen-bond donors (Lipinski definition) is 3. The van der Waals surface area contributed by atoms with Crippen molar-refractivity contribution >= 4 is 23.8 Å². The van der Waals surface area contributed by atoms with Crippen LogP contribution in [-0.4, -0.2) is 43.0 Å². The largest absolute Gasteiger partial charge is 0.481 e. The minimum atomic E-state index is -0.741. The Hall–Kier alpha value is -2.12. The van der Waals surface area contributed by atoms with Crippen LogP contribution in [0.25, 0.3) is 0 Å². The number of rotatable bonds is 4. The number of primary amides is 1. The summed E-state index contributed by atoms with van der Waals surface area (Å²) in [6.07, 6.45) is 0. The molecule has 4 N–H and O–H groups in total. The molecule has 26 heavy (non-hydrogen) atoms. The van der Waals surface area contributed by atoms with Crippen LogP contribution in [0.15, 0.2) is 0 Å². The van der Waals surface area contributed by atoms with Gasteiger partial charge in [-0.2, -0.15) is 0 Å². The Bertz CT molecular complexity index is 366. The van der Waals surface area contributed by atoms with E-state index in [1.165, 1.54) is 7.11 Å². The molecular formula is C18H38N2O6. The fourth-order valence-electron chi connectivity index (χ4n) is 0.524. The summed E-state index contributed by atoms with van der Waals surface area (Å²) in [5.74, 6) is -1.16. The number of methoxy groups -OCH3 is 1. The van der Waals surface area contributed by atoms with E-state index in [2.05, 4.69) is 10.1 Å². The van der Waals surface area contributed by atoms with Gasteiger partial charge in [-0.15, -0.1) is 0 Å². The molecule has 0 aromatic rings. The maximum atomic E-state index is 10.4. The summed E-state index contributed by atoms with van der Waals surface area (Å²) in [5, 5.41) is 10.5. The molecule has 0 saturated heterocycles. The molecular weight excluding hydrogens is 340 g/mol. The van der Waals surface area contributed by atoms with Crippen molar-refractivity contribution in [3.8, 4) is 0 Å². The average molecular weight is 379 g/mol. The highest BCUT2D eigenvalue weighted by molar-refractivity contribution is 5.77. The Morgan fingerprint density at radius 3 is 1.12 bits per heavy atom. The second kappa shape index (κ2) is 19.2. The summed E-state index contributed by atoms with van der Waals surface area (Å²) in [6, 6.07) is 0. The molecule has 0 aliphatic carbocycles. The van der Waals surface area contributed by atoms with Crippen LogP contribution < -0.4 is 11.1 Å². The molecule has 156 valence electrons. The summed E-state index contributed by atoms with van der Waals surface area (Å²) in [6.45, 7) is 14.1. The molecule has 0 rings (SSSR count). The van der Waals surface area contributed by atoms with E-state index in [-0.39, 0.29) is 41.5 Å². The maximum absolute atomic E-state index is 10.4. The molecule has 0 fully saturated rings. The van der Waals surface area contributed by atoms with Crippen molar-refractivity contribution in [2.45, 2.75) is 55.4 Å². The van der Waals surface area contributed by atoms with E-state index in [0.717, 1.165) is 0 Å². The molecule has 0 radical (unpaired) electrons. The third-order valence-electron chi connectivity index (χ3n) is 2.51. The van der Waals surface area contributed by atoms with Gasteiger partial charge in [-0.05, 0) is 0 Å². The average Bonchev–Trinajstić information content (AvgIpc) is 2.54. The summed E-state index contributed by atoms with van der Waals surface area (Å²) < 4.78 is 4.37. The van der Waals surface area contributed by atoms with Crippen molar-refractivity contribution in [2.24, 2.45) is 29.4 Å². The van der Waals surface area contributed by atoms with Crippen LogP contribution in [0.5, 0.6) is 0 Å². The molecule has 0 bridgehead atoms. The standard InChI is InChI=1S/C5H11NO.C5H10O2.C4H9NO.C4H8O2/c1-4(2)5(7)6-3;1-4(2)5(6)7-3;2*1-3(2)4(5)6/h4H,1-3H3,(H,6,7);4H,1-3H3;3H,1-2H3,(H2,5,6);3H,1-2H3,(H,5,6). The number of hydrogen-bond acceptors (Lipinski definition) is 5. The van der Waals surface area contributed by atoms with Gasteiger partial charge in [0.05, 0.1) is 18.9 Å². The third kappa shape index (κ3) is 29.8. The Kier molecular flexibility index (Phi) is 23.4. The maximum Gasteiger partial charge on any atom is 0.308 e. The molecule has 0 heterocycles. The predicted octanol–water partition coefficient (Wildman–Crippen LogP) is 2.06. The van der Waals surface area contributed by atoms with Crippen LogP contribution in [0.2, 0.25) is 0 Å². The molecule has 0 aromatic carbocycles. The van der Waals surface area contributed by atoms with Crippen molar-refractivity contribution in [3.63, 3.8) is 0 Å². The second-order valence-electron chi connectivity index (χ2n) is 6.50. The van der Waals surface area contributed by atoms with Crippen molar-refractivity contribution in [2.75, 3.05) is 14.2 Å². The topological polar surface area (TPSA) is 136 Å². The number of carbonyl (C=O) groups is 4. The molecule has 0 saturated carbocycles. The summed E-state index contributed by atoms with van der Waals surface area (Å²) in [7, 11) is 3.03.